The highest BCUT2D eigenvalue weighted by molar-refractivity contribution is 7.93. The molecule has 3 heterocycles. The van der Waals surface area contributed by atoms with Gasteiger partial charge < -0.3 is 4.84 Å². The minimum Gasteiger partial charge on any atom is -0.323 e. The van der Waals surface area contributed by atoms with Gasteiger partial charge in [0.25, 0.3) is 21.8 Å². The molecule has 0 spiro atoms. The van der Waals surface area contributed by atoms with Crippen molar-refractivity contribution in [3.63, 3.8) is 0 Å². The van der Waals surface area contributed by atoms with Crippen LogP contribution in [0.25, 0.3) is 0 Å². The van der Waals surface area contributed by atoms with E-state index in [1.807, 2.05) is 0 Å². The van der Waals surface area contributed by atoms with Gasteiger partial charge in [-0.25, -0.2) is 13.2 Å². The van der Waals surface area contributed by atoms with Gasteiger partial charge in [-0.05, 0) is 23.6 Å². The fourth-order valence-electron chi connectivity index (χ4n) is 2.72. The molecule has 4 rings (SSSR count). The van der Waals surface area contributed by atoms with E-state index >= 15 is 0 Å². The lowest BCUT2D eigenvalue weighted by Gasteiger charge is -2.13. The number of aromatic nitrogens is 2. The molecule has 0 atom stereocenters. The molecule has 1 aliphatic heterocycles. The zero-order chi connectivity index (χ0) is 20.8. The highest BCUT2D eigenvalue weighted by Crippen LogP contribution is 2.28. The summed E-state index contributed by atoms with van der Waals surface area (Å²) in [7, 11) is -2.51. The minimum atomic E-state index is -4.13. The number of thiophene rings is 1. The largest absolute Gasteiger partial charge is 0.375 e. The third-order valence-corrected chi connectivity index (χ3v) is 6.44. The van der Waals surface area contributed by atoms with Crippen LogP contribution in [0.5, 0.6) is 0 Å². The number of nitrogens with zero attached hydrogens (tertiary/aromatic N) is 3. The normalized spacial score (nSPS) is 13.5. The number of anilines is 1. The molecule has 1 aromatic carbocycles. The van der Waals surface area contributed by atoms with E-state index in [4.69, 9.17) is 4.84 Å². The maximum absolute atomic E-state index is 12.6. The number of carbonyl (C=O) groups is 3. The quantitative estimate of drug-likeness (QED) is 0.607. The first-order valence-corrected chi connectivity index (χ1v) is 10.4. The second-order valence-electron chi connectivity index (χ2n) is 5.95. The summed E-state index contributed by atoms with van der Waals surface area (Å²) >= 11 is 0.806. The fraction of sp³-hybridized carbons (Fsp3) is 0.0588. The van der Waals surface area contributed by atoms with Crippen molar-refractivity contribution in [1.29, 1.82) is 0 Å². The summed E-state index contributed by atoms with van der Waals surface area (Å²) < 4.78 is 29.0. The highest BCUT2D eigenvalue weighted by atomic mass is 32.2. The van der Waals surface area contributed by atoms with Crippen molar-refractivity contribution >= 4 is 44.8 Å². The van der Waals surface area contributed by atoms with Gasteiger partial charge in [0.15, 0.2) is 0 Å². The number of imide groups is 1. The molecule has 12 heteroatoms. The molecule has 0 fully saturated rings. The van der Waals surface area contributed by atoms with Gasteiger partial charge in [-0.3, -0.25) is 19.0 Å². The number of hydroxylamine groups is 2. The summed E-state index contributed by atoms with van der Waals surface area (Å²) in [6.07, 6.45) is 2.75. The van der Waals surface area contributed by atoms with Crippen LogP contribution in [0.15, 0.2) is 53.0 Å². The Morgan fingerprint density at radius 1 is 1.14 bits per heavy atom. The third-order valence-electron chi connectivity index (χ3n) is 3.99. The van der Waals surface area contributed by atoms with Crippen molar-refractivity contribution in [1.82, 2.24) is 14.8 Å². The van der Waals surface area contributed by atoms with Gasteiger partial charge in [0.1, 0.15) is 9.77 Å². The summed E-state index contributed by atoms with van der Waals surface area (Å²) in [5.74, 6) is -2.73. The predicted octanol–water partition coefficient (Wildman–Crippen LogP) is 1.65. The Kier molecular flexibility index (Phi) is 4.43. The third kappa shape index (κ3) is 3.28. The molecule has 2 aromatic heterocycles. The summed E-state index contributed by atoms with van der Waals surface area (Å²) in [6, 6.07) is 7.24. The number of rotatable bonds is 5. The molecule has 10 nitrogen and oxygen atoms in total. The molecule has 0 radical (unpaired) electrons. The van der Waals surface area contributed by atoms with E-state index in [9.17, 15) is 22.8 Å². The van der Waals surface area contributed by atoms with Crippen molar-refractivity contribution in [2.75, 3.05) is 4.72 Å². The summed E-state index contributed by atoms with van der Waals surface area (Å²) in [6.45, 7) is 0. The Hall–Kier alpha value is -3.51. The zero-order valence-electron chi connectivity index (χ0n) is 14.7. The number of fused-ring (bicyclic) bond motifs is 1. The van der Waals surface area contributed by atoms with Crippen LogP contribution in [0.2, 0.25) is 0 Å². The van der Waals surface area contributed by atoms with Crippen molar-refractivity contribution in [2.45, 2.75) is 4.90 Å². The Labute approximate surface area is 168 Å². The van der Waals surface area contributed by atoms with E-state index in [1.165, 1.54) is 40.7 Å². The molecule has 2 amide bonds. The highest BCUT2D eigenvalue weighted by Gasteiger charge is 2.39. The number of hydrogen-bond acceptors (Lipinski definition) is 8. The Bertz CT molecular complexity index is 1230. The van der Waals surface area contributed by atoms with Crippen LogP contribution >= 0.6 is 11.3 Å². The van der Waals surface area contributed by atoms with Gasteiger partial charge in [-0.2, -0.15) is 5.10 Å². The summed E-state index contributed by atoms with van der Waals surface area (Å²) in [5.41, 5.74) is 0.406. The summed E-state index contributed by atoms with van der Waals surface area (Å²) in [4.78, 5) is 41.5. The van der Waals surface area contributed by atoms with Crippen LogP contribution < -0.4 is 4.72 Å². The summed E-state index contributed by atoms with van der Waals surface area (Å²) in [5, 5.41) is 5.58. The molecule has 0 bridgehead atoms. The van der Waals surface area contributed by atoms with Crippen LogP contribution in [0, 0.1) is 0 Å². The lowest BCUT2D eigenvalue weighted by atomic mass is 10.1. The van der Waals surface area contributed by atoms with Gasteiger partial charge in [0.05, 0.1) is 23.0 Å². The minimum absolute atomic E-state index is 0.0996. The number of benzene rings is 1. The zero-order valence-corrected chi connectivity index (χ0v) is 16.4. The Morgan fingerprint density at radius 3 is 2.38 bits per heavy atom. The van der Waals surface area contributed by atoms with E-state index in [0.29, 0.717) is 5.06 Å². The standard InChI is InChI=1S/C17H12N4O6S2/c1-20-9-10(8-18-20)19-29(25,26)13-6-7-28-14(13)17(24)27-21-15(22)11-4-2-3-5-12(11)16(21)23/h2-9,19H,1H3. The van der Waals surface area contributed by atoms with Crippen molar-refractivity contribution < 1.29 is 27.6 Å². The second kappa shape index (κ2) is 6.83. The number of aryl methyl sites for hydroxylation is 1. The van der Waals surface area contributed by atoms with Crippen LogP contribution in [0.4, 0.5) is 5.69 Å². The molecular weight excluding hydrogens is 420 g/mol. The number of carbonyl (C=O) groups excluding carboxylic acids is 3. The van der Waals surface area contributed by atoms with Crippen molar-refractivity contribution in [3.05, 3.63) is 64.1 Å². The van der Waals surface area contributed by atoms with Crippen LogP contribution in [0.3, 0.4) is 0 Å². The molecule has 1 N–H and O–H groups in total. The first-order valence-electron chi connectivity index (χ1n) is 8.07. The van der Waals surface area contributed by atoms with Gasteiger partial charge >= 0.3 is 5.97 Å². The Balaban J connectivity index is 1.58. The predicted molar refractivity (Wildman–Crippen MR) is 101 cm³/mol. The topological polar surface area (TPSA) is 128 Å². The molecule has 3 aromatic rings. The SMILES string of the molecule is Cn1cc(NS(=O)(=O)c2ccsc2C(=O)ON2C(=O)c3ccccc3C2=O)cn1. The first kappa shape index (κ1) is 18.8. The first-order chi connectivity index (χ1) is 13.8. The molecule has 0 saturated heterocycles. The molecule has 1 aliphatic rings. The van der Waals surface area contributed by atoms with Gasteiger partial charge in [0.2, 0.25) is 0 Å². The van der Waals surface area contributed by atoms with Crippen molar-refractivity contribution in [2.24, 2.45) is 7.05 Å². The molecule has 148 valence electrons. The average molecular weight is 432 g/mol. The maximum Gasteiger partial charge on any atom is 0.375 e. The van der Waals surface area contributed by atoms with Gasteiger partial charge in [-0.15, -0.1) is 11.3 Å². The average Bonchev–Trinajstić information content (AvgIpc) is 3.38. The van der Waals surface area contributed by atoms with Gasteiger partial charge in [0, 0.05) is 13.2 Å². The number of nitrogens with one attached hydrogen (secondary N) is 1. The molecule has 0 unspecified atom stereocenters. The lowest BCUT2D eigenvalue weighted by Crippen LogP contribution is -2.33. The molecular formula is C17H12N4O6S2. The van der Waals surface area contributed by atoms with E-state index in [2.05, 4.69) is 9.82 Å². The van der Waals surface area contributed by atoms with E-state index < -0.39 is 27.8 Å². The fourth-order valence-corrected chi connectivity index (χ4v) is 5.03. The smallest absolute Gasteiger partial charge is 0.323 e. The van der Waals surface area contributed by atoms with E-state index in [0.717, 1.165) is 11.3 Å². The Morgan fingerprint density at radius 2 is 1.79 bits per heavy atom. The van der Waals surface area contributed by atoms with Crippen LogP contribution in [-0.2, 0) is 21.9 Å². The molecule has 0 aliphatic carbocycles. The van der Waals surface area contributed by atoms with Crippen LogP contribution in [0.1, 0.15) is 30.4 Å². The second-order valence-corrected chi connectivity index (χ2v) is 8.52. The van der Waals surface area contributed by atoms with Crippen LogP contribution in [-0.4, -0.2) is 41.0 Å². The van der Waals surface area contributed by atoms with E-state index in [1.54, 1.807) is 19.2 Å². The maximum atomic E-state index is 12.6. The van der Waals surface area contributed by atoms with Crippen molar-refractivity contribution in [3.8, 4) is 0 Å². The van der Waals surface area contributed by atoms with E-state index in [-0.39, 0.29) is 26.6 Å². The lowest BCUT2D eigenvalue weighted by molar-refractivity contribution is -0.0583. The molecule has 29 heavy (non-hydrogen) atoms. The monoisotopic (exact) mass is 432 g/mol. The number of amides is 2. The molecule has 0 saturated carbocycles. The number of sulfonamides is 1. The van der Waals surface area contributed by atoms with Gasteiger partial charge in [-0.1, -0.05) is 17.2 Å². The number of hydrogen-bond donors (Lipinski definition) is 1.